The summed E-state index contributed by atoms with van der Waals surface area (Å²) in [4.78, 5) is 11.3. The molecule has 1 nitrogen and oxygen atoms in total. The molecule has 1 saturated carbocycles. The summed E-state index contributed by atoms with van der Waals surface area (Å²) in [6, 6.07) is 6.45. The lowest BCUT2D eigenvalue weighted by atomic mass is 9.59. The normalized spacial score (nSPS) is 24.5. The number of Topliss-reactive ketones (excluding diaryl/α,β-unsaturated/α-hetero) is 1. The van der Waals surface area contributed by atoms with Crippen LogP contribution in [0.3, 0.4) is 0 Å². The zero-order valence-electron chi connectivity index (χ0n) is 8.38. The van der Waals surface area contributed by atoms with Crippen molar-refractivity contribution in [3.63, 3.8) is 0 Å². The summed E-state index contributed by atoms with van der Waals surface area (Å²) >= 11 is 0. The average Bonchev–Trinajstić information content (AvgIpc) is 2.16. The molecule has 0 radical (unpaired) electrons. The van der Waals surface area contributed by atoms with Crippen LogP contribution in [0.4, 0.5) is 4.39 Å². The van der Waals surface area contributed by atoms with Gasteiger partial charge in [0.05, 0.1) is 0 Å². The molecule has 0 amide bonds. The molecule has 0 saturated heterocycles. The number of hydrogen-bond acceptors (Lipinski definition) is 1. The van der Waals surface area contributed by atoms with Crippen molar-refractivity contribution < 1.29 is 9.18 Å². The fraction of sp³-hybridized carbons (Fsp3) is 0.417. The Morgan fingerprint density at radius 1 is 1.29 bits per heavy atom. The van der Waals surface area contributed by atoms with Gasteiger partial charge in [0.2, 0.25) is 0 Å². The molecule has 0 heterocycles. The molecule has 0 N–H and O–H groups in total. The Bertz CT molecular complexity index is 364. The second-order valence-electron chi connectivity index (χ2n) is 4.45. The van der Waals surface area contributed by atoms with Gasteiger partial charge in [-0.25, -0.2) is 4.39 Å². The van der Waals surface area contributed by atoms with Crippen molar-refractivity contribution in [3.8, 4) is 0 Å². The third-order valence-corrected chi connectivity index (χ3v) is 3.25. The first-order valence-electron chi connectivity index (χ1n) is 4.80. The van der Waals surface area contributed by atoms with E-state index in [2.05, 4.69) is 0 Å². The molecular formula is C12H13FO. The van der Waals surface area contributed by atoms with Crippen LogP contribution in [0.15, 0.2) is 24.3 Å². The van der Waals surface area contributed by atoms with Crippen molar-refractivity contribution in [1.29, 1.82) is 0 Å². The number of rotatable bonds is 1. The highest BCUT2D eigenvalue weighted by molar-refractivity contribution is 5.92. The minimum Gasteiger partial charge on any atom is -0.299 e. The highest BCUT2D eigenvalue weighted by atomic mass is 19.1. The van der Waals surface area contributed by atoms with Gasteiger partial charge in [-0.2, -0.15) is 0 Å². The van der Waals surface area contributed by atoms with Gasteiger partial charge in [0, 0.05) is 17.8 Å². The van der Waals surface area contributed by atoms with E-state index in [9.17, 15) is 9.18 Å². The van der Waals surface area contributed by atoms with Gasteiger partial charge in [0.15, 0.2) is 0 Å². The van der Waals surface area contributed by atoms with Gasteiger partial charge in [-0.1, -0.05) is 26.0 Å². The fourth-order valence-electron chi connectivity index (χ4n) is 2.00. The van der Waals surface area contributed by atoms with Crippen LogP contribution in [-0.2, 0) is 4.79 Å². The van der Waals surface area contributed by atoms with E-state index >= 15 is 0 Å². The van der Waals surface area contributed by atoms with Gasteiger partial charge in [-0.3, -0.25) is 4.79 Å². The number of carbonyl (C=O) groups excluding carboxylic acids is 1. The van der Waals surface area contributed by atoms with Crippen molar-refractivity contribution >= 4 is 5.78 Å². The first kappa shape index (κ1) is 9.38. The number of carbonyl (C=O) groups is 1. The molecule has 1 aromatic carbocycles. The summed E-state index contributed by atoms with van der Waals surface area (Å²) in [5.41, 5.74) is 0.800. The maximum atomic E-state index is 12.7. The lowest BCUT2D eigenvalue weighted by Crippen LogP contribution is -2.43. The Kier molecular flexibility index (Phi) is 1.95. The van der Waals surface area contributed by atoms with E-state index < -0.39 is 0 Å². The fourth-order valence-corrected chi connectivity index (χ4v) is 2.00. The van der Waals surface area contributed by atoms with E-state index in [0.717, 1.165) is 5.56 Å². The van der Waals surface area contributed by atoms with Gasteiger partial charge in [-0.05, 0) is 17.7 Å². The van der Waals surface area contributed by atoms with Crippen molar-refractivity contribution in [2.45, 2.75) is 26.2 Å². The molecule has 0 aliphatic heterocycles. The molecule has 2 rings (SSSR count). The number of benzene rings is 1. The Balaban J connectivity index is 2.26. The predicted octanol–water partition coefficient (Wildman–Crippen LogP) is 2.91. The van der Waals surface area contributed by atoms with Gasteiger partial charge in [-0.15, -0.1) is 0 Å². The number of halogens is 1. The molecule has 1 aromatic rings. The molecule has 0 bridgehead atoms. The van der Waals surface area contributed by atoms with E-state index in [0.29, 0.717) is 12.2 Å². The van der Waals surface area contributed by atoms with E-state index in [1.54, 1.807) is 12.1 Å². The molecule has 74 valence electrons. The SMILES string of the molecule is CC1(C)C(=O)CC1c1ccc(F)cc1. The Labute approximate surface area is 82.9 Å². The molecule has 1 fully saturated rings. The summed E-state index contributed by atoms with van der Waals surface area (Å²) in [6.45, 7) is 3.90. The molecule has 1 aliphatic carbocycles. The van der Waals surface area contributed by atoms with Crippen LogP contribution >= 0.6 is 0 Å². The minimum atomic E-state index is -0.266. The van der Waals surface area contributed by atoms with Crippen LogP contribution in [0, 0.1) is 11.2 Å². The Morgan fingerprint density at radius 2 is 1.86 bits per heavy atom. The highest BCUT2D eigenvalue weighted by Crippen LogP contribution is 2.49. The van der Waals surface area contributed by atoms with Crippen LogP contribution in [0.1, 0.15) is 31.7 Å². The largest absolute Gasteiger partial charge is 0.299 e. The average molecular weight is 192 g/mol. The van der Waals surface area contributed by atoms with Crippen molar-refractivity contribution in [2.24, 2.45) is 5.41 Å². The minimum absolute atomic E-state index is 0.225. The zero-order chi connectivity index (χ0) is 10.3. The van der Waals surface area contributed by atoms with Crippen LogP contribution in [0.2, 0.25) is 0 Å². The maximum absolute atomic E-state index is 12.7. The van der Waals surface area contributed by atoms with E-state index in [1.165, 1.54) is 12.1 Å². The zero-order valence-corrected chi connectivity index (χ0v) is 8.38. The number of hydrogen-bond donors (Lipinski definition) is 0. The molecule has 1 aliphatic rings. The summed E-state index contributed by atoms with van der Waals surface area (Å²) in [5.74, 6) is 0.333. The van der Waals surface area contributed by atoms with Crippen molar-refractivity contribution in [1.82, 2.24) is 0 Å². The maximum Gasteiger partial charge on any atom is 0.139 e. The predicted molar refractivity (Wildman–Crippen MR) is 52.5 cm³/mol. The van der Waals surface area contributed by atoms with E-state index in [1.807, 2.05) is 13.8 Å². The van der Waals surface area contributed by atoms with E-state index in [4.69, 9.17) is 0 Å². The van der Waals surface area contributed by atoms with Crippen molar-refractivity contribution in [2.75, 3.05) is 0 Å². The van der Waals surface area contributed by atoms with Gasteiger partial charge >= 0.3 is 0 Å². The van der Waals surface area contributed by atoms with Crippen LogP contribution in [-0.4, -0.2) is 5.78 Å². The summed E-state index contributed by atoms with van der Waals surface area (Å²) in [5, 5.41) is 0. The number of ketones is 1. The molecule has 2 heteroatoms. The first-order chi connectivity index (χ1) is 6.51. The molecule has 1 atom stereocenters. The molecule has 0 spiro atoms. The summed E-state index contributed by atoms with van der Waals surface area (Å²) in [7, 11) is 0. The third-order valence-electron chi connectivity index (χ3n) is 3.25. The topological polar surface area (TPSA) is 17.1 Å². The Hall–Kier alpha value is -1.18. The van der Waals surface area contributed by atoms with Crippen LogP contribution in [0.25, 0.3) is 0 Å². The first-order valence-corrected chi connectivity index (χ1v) is 4.80. The molecule has 0 aromatic heterocycles. The lowest BCUT2D eigenvalue weighted by Gasteiger charge is -2.42. The van der Waals surface area contributed by atoms with Crippen LogP contribution in [0.5, 0.6) is 0 Å². The quantitative estimate of drug-likeness (QED) is 0.668. The molecular weight excluding hydrogens is 179 g/mol. The second-order valence-corrected chi connectivity index (χ2v) is 4.45. The molecule has 14 heavy (non-hydrogen) atoms. The highest BCUT2D eigenvalue weighted by Gasteiger charge is 2.47. The third kappa shape index (κ3) is 1.26. The monoisotopic (exact) mass is 192 g/mol. The van der Waals surface area contributed by atoms with Crippen molar-refractivity contribution in [3.05, 3.63) is 35.6 Å². The lowest BCUT2D eigenvalue weighted by molar-refractivity contribution is -0.137. The summed E-state index contributed by atoms with van der Waals surface area (Å²) in [6.07, 6.45) is 0.596. The van der Waals surface area contributed by atoms with Gasteiger partial charge in [0.25, 0.3) is 0 Å². The van der Waals surface area contributed by atoms with Crippen LogP contribution < -0.4 is 0 Å². The summed E-state index contributed by atoms with van der Waals surface area (Å²) < 4.78 is 12.7. The molecule has 1 unspecified atom stereocenters. The smallest absolute Gasteiger partial charge is 0.139 e. The van der Waals surface area contributed by atoms with Gasteiger partial charge < -0.3 is 0 Å². The standard InChI is InChI=1S/C12H13FO/c1-12(2)10(7-11(12)14)8-3-5-9(13)6-4-8/h3-6,10H,7H2,1-2H3. The van der Waals surface area contributed by atoms with Gasteiger partial charge in [0.1, 0.15) is 11.6 Å². The Morgan fingerprint density at radius 3 is 2.29 bits per heavy atom. The van der Waals surface area contributed by atoms with E-state index in [-0.39, 0.29) is 17.2 Å². The second kappa shape index (κ2) is 2.91.